The molecule has 4 nitrogen and oxygen atoms in total. The lowest BCUT2D eigenvalue weighted by Crippen LogP contribution is -2.22. The van der Waals surface area contributed by atoms with Gasteiger partial charge < -0.3 is 5.11 Å². The van der Waals surface area contributed by atoms with Gasteiger partial charge in [-0.1, -0.05) is 0 Å². The van der Waals surface area contributed by atoms with Gasteiger partial charge in [-0.05, 0) is 18.2 Å². The van der Waals surface area contributed by atoms with E-state index in [0.29, 0.717) is 0 Å². The molecule has 0 unspecified atom stereocenters. The molecule has 1 rings (SSSR count). The van der Waals surface area contributed by atoms with Crippen LogP contribution in [0.4, 0.5) is 4.39 Å². The average Bonchev–Trinajstić information content (AvgIpc) is 2.18. The van der Waals surface area contributed by atoms with E-state index in [-0.39, 0.29) is 10.5 Å². The van der Waals surface area contributed by atoms with E-state index in [1.165, 1.54) is 20.2 Å². The van der Waals surface area contributed by atoms with Crippen LogP contribution in [-0.2, 0) is 16.6 Å². The average molecular weight is 233 g/mol. The number of rotatable bonds is 3. The van der Waals surface area contributed by atoms with Crippen molar-refractivity contribution >= 4 is 10.0 Å². The minimum Gasteiger partial charge on any atom is -0.392 e. The van der Waals surface area contributed by atoms with Crippen LogP contribution in [0.5, 0.6) is 0 Å². The Kier molecular flexibility index (Phi) is 3.43. The molecule has 84 valence electrons. The summed E-state index contributed by atoms with van der Waals surface area (Å²) in [7, 11) is -0.798. The molecule has 0 radical (unpaired) electrons. The minimum atomic E-state index is -3.57. The van der Waals surface area contributed by atoms with Gasteiger partial charge in [0.25, 0.3) is 0 Å². The maximum atomic E-state index is 13.0. The Hall–Kier alpha value is -0.980. The van der Waals surface area contributed by atoms with Crippen molar-refractivity contribution < 1.29 is 17.9 Å². The van der Waals surface area contributed by atoms with Gasteiger partial charge in [0, 0.05) is 19.7 Å². The third kappa shape index (κ3) is 2.34. The van der Waals surface area contributed by atoms with Gasteiger partial charge in [0.2, 0.25) is 10.0 Å². The van der Waals surface area contributed by atoms with Crippen LogP contribution in [0.2, 0.25) is 0 Å². The molecule has 0 amide bonds. The molecular weight excluding hydrogens is 221 g/mol. The first kappa shape index (κ1) is 12.1. The van der Waals surface area contributed by atoms with Gasteiger partial charge in [-0.25, -0.2) is 17.1 Å². The van der Waals surface area contributed by atoms with Crippen molar-refractivity contribution in [2.75, 3.05) is 14.1 Å². The predicted molar refractivity (Wildman–Crippen MR) is 53.2 cm³/mol. The lowest BCUT2D eigenvalue weighted by atomic mass is 10.2. The van der Waals surface area contributed by atoms with E-state index in [9.17, 15) is 12.8 Å². The van der Waals surface area contributed by atoms with Crippen molar-refractivity contribution in [1.82, 2.24) is 4.31 Å². The fraction of sp³-hybridized carbons (Fsp3) is 0.333. The summed E-state index contributed by atoms with van der Waals surface area (Å²) in [5.41, 5.74) is -0.0297. The summed E-state index contributed by atoms with van der Waals surface area (Å²) in [6.45, 7) is -0.525. The first-order valence-corrected chi connectivity index (χ1v) is 5.65. The first-order chi connectivity index (χ1) is 6.89. The molecule has 0 aromatic heterocycles. The molecule has 1 aromatic carbocycles. The topological polar surface area (TPSA) is 57.6 Å². The molecule has 0 saturated carbocycles. The van der Waals surface area contributed by atoms with Gasteiger partial charge in [0.15, 0.2) is 0 Å². The molecule has 0 aliphatic heterocycles. The normalized spacial score (nSPS) is 12.1. The quantitative estimate of drug-likeness (QED) is 0.830. The van der Waals surface area contributed by atoms with Crippen LogP contribution in [0.3, 0.4) is 0 Å². The van der Waals surface area contributed by atoms with Crippen LogP contribution < -0.4 is 0 Å². The molecule has 0 spiro atoms. The summed E-state index contributed by atoms with van der Waals surface area (Å²) in [5, 5.41) is 8.80. The Bertz CT molecular complexity index is 456. The number of sulfonamides is 1. The second-order valence-corrected chi connectivity index (χ2v) is 5.35. The molecule has 6 heteroatoms. The van der Waals surface area contributed by atoms with Crippen LogP contribution in [0.15, 0.2) is 23.1 Å². The Morgan fingerprint density at radius 1 is 1.40 bits per heavy atom. The summed E-state index contributed by atoms with van der Waals surface area (Å²) < 4.78 is 37.3. The van der Waals surface area contributed by atoms with Gasteiger partial charge in [-0.2, -0.15) is 0 Å². The van der Waals surface area contributed by atoms with Crippen molar-refractivity contribution in [2.45, 2.75) is 11.5 Å². The van der Waals surface area contributed by atoms with Crippen molar-refractivity contribution in [1.29, 1.82) is 0 Å². The highest BCUT2D eigenvalue weighted by molar-refractivity contribution is 7.89. The van der Waals surface area contributed by atoms with E-state index >= 15 is 0 Å². The first-order valence-electron chi connectivity index (χ1n) is 4.21. The standard InChI is InChI=1S/C9H12FNO3S/c1-11(2)15(13,14)8-3-4-9(10)7(5-8)6-12/h3-5,12H,6H2,1-2H3. The second-order valence-electron chi connectivity index (χ2n) is 3.20. The van der Waals surface area contributed by atoms with Crippen molar-refractivity contribution in [3.05, 3.63) is 29.6 Å². The largest absolute Gasteiger partial charge is 0.392 e. The smallest absolute Gasteiger partial charge is 0.242 e. The van der Waals surface area contributed by atoms with Gasteiger partial charge in [-0.3, -0.25) is 0 Å². The van der Waals surface area contributed by atoms with Gasteiger partial charge in [0.05, 0.1) is 11.5 Å². The predicted octanol–water partition coefficient (Wildman–Crippen LogP) is 0.568. The lowest BCUT2D eigenvalue weighted by Gasteiger charge is -2.12. The fourth-order valence-electron chi connectivity index (χ4n) is 1.04. The number of benzene rings is 1. The van der Waals surface area contributed by atoms with E-state index in [1.807, 2.05) is 0 Å². The van der Waals surface area contributed by atoms with Crippen LogP contribution in [0.25, 0.3) is 0 Å². The molecule has 1 N–H and O–H groups in total. The number of aliphatic hydroxyl groups is 1. The number of hydrogen-bond donors (Lipinski definition) is 1. The van der Waals surface area contributed by atoms with Crippen LogP contribution in [-0.4, -0.2) is 31.9 Å². The molecule has 15 heavy (non-hydrogen) atoms. The van der Waals surface area contributed by atoms with E-state index in [0.717, 1.165) is 16.4 Å². The number of aliphatic hydroxyl groups excluding tert-OH is 1. The fourth-order valence-corrected chi connectivity index (χ4v) is 2.00. The molecule has 0 heterocycles. The maximum Gasteiger partial charge on any atom is 0.242 e. The van der Waals surface area contributed by atoms with E-state index in [4.69, 9.17) is 5.11 Å². The third-order valence-electron chi connectivity index (χ3n) is 1.97. The summed E-state index contributed by atoms with van der Waals surface area (Å²) in [5.74, 6) is -0.616. The molecular formula is C9H12FNO3S. The maximum absolute atomic E-state index is 13.0. The summed E-state index contributed by atoms with van der Waals surface area (Å²) in [4.78, 5) is -0.0297. The zero-order chi connectivity index (χ0) is 11.6. The molecule has 0 atom stereocenters. The Morgan fingerprint density at radius 3 is 2.47 bits per heavy atom. The van der Waals surface area contributed by atoms with Gasteiger partial charge in [-0.15, -0.1) is 0 Å². The van der Waals surface area contributed by atoms with Crippen molar-refractivity contribution in [3.8, 4) is 0 Å². The zero-order valence-corrected chi connectivity index (χ0v) is 9.25. The third-order valence-corrected chi connectivity index (χ3v) is 3.78. The monoisotopic (exact) mass is 233 g/mol. The van der Waals surface area contributed by atoms with Crippen LogP contribution in [0.1, 0.15) is 5.56 Å². The molecule has 0 saturated heterocycles. The zero-order valence-electron chi connectivity index (χ0n) is 8.44. The Labute approximate surface area is 88.0 Å². The van der Waals surface area contributed by atoms with E-state index < -0.39 is 22.4 Å². The van der Waals surface area contributed by atoms with E-state index in [1.54, 1.807) is 0 Å². The van der Waals surface area contributed by atoms with Gasteiger partial charge in [0.1, 0.15) is 5.82 Å². The molecule has 0 bridgehead atoms. The van der Waals surface area contributed by atoms with E-state index in [2.05, 4.69) is 0 Å². The highest BCUT2D eigenvalue weighted by Crippen LogP contribution is 2.17. The van der Waals surface area contributed by atoms with Crippen molar-refractivity contribution in [2.24, 2.45) is 0 Å². The summed E-state index contributed by atoms with van der Waals surface area (Å²) in [6.07, 6.45) is 0. The highest BCUT2D eigenvalue weighted by atomic mass is 32.2. The van der Waals surface area contributed by atoms with Crippen LogP contribution in [0, 0.1) is 5.82 Å². The number of halogens is 1. The second kappa shape index (κ2) is 4.26. The Morgan fingerprint density at radius 2 is 2.00 bits per heavy atom. The summed E-state index contributed by atoms with van der Waals surface area (Å²) >= 11 is 0. The summed E-state index contributed by atoms with van der Waals surface area (Å²) in [6, 6.07) is 3.33. The number of nitrogens with zero attached hydrogens (tertiary/aromatic N) is 1. The molecule has 0 aliphatic rings. The number of hydrogen-bond acceptors (Lipinski definition) is 3. The van der Waals surface area contributed by atoms with Gasteiger partial charge >= 0.3 is 0 Å². The molecule has 0 aliphatic carbocycles. The highest BCUT2D eigenvalue weighted by Gasteiger charge is 2.18. The molecule has 0 fully saturated rings. The lowest BCUT2D eigenvalue weighted by molar-refractivity contribution is 0.275. The minimum absolute atomic E-state index is 0.0297. The Balaban J connectivity index is 3.29. The SMILES string of the molecule is CN(C)S(=O)(=O)c1ccc(F)c(CO)c1. The van der Waals surface area contributed by atoms with Crippen molar-refractivity contribution in [3.63, 3.8) is 0 Å². The van der Waals surface area contributed by atoms with Crippen LogP contribution >= 0.6 is 0 Å². The molecule has 1 aromatic rings.